The molecular weight excluding hydrogens is 358 g/mol. The van der Waals surface area contributed by atoms with Crippen molar-refractivity contribution in [2.45, 2.75) is 19.4 Å². The largest absolute Gasteiger partial charge is 0.573 e. The molecule has 1 atom stereocenters. The van der Waals surface area contributed by atoms with Crippen molar-refractivity contribution in [1.82, 2.24) is 0 Å². The van der Waals surface area contributed by atoms with Gasteiger partial charge < -0.3 is 14.8 Å². The molecule has 0 aliphatic rings. The standard InChI is InChI=1S/C17H13F4NO4/c1-10(15(23)22-13-4-2-3-12(18)9-13)25-16(24)11-5-7-14(8-6-11)26-17(19,20)21/h2-10H,1H3,(H,22,23). The van der Waals surface area contributed by atoms with Gasteiger partial charge in [-0.05, 0) is 49.4 Å². The van der Waals surface area contributed by atoms with Crippen LogP contribution in [0.15, 0.2) is 48.5 Å². The van der Waals surface area contributed by atoms with Gasteiger partial charge in [-0.3, -0.25) is 4.79 Å². The van der Waals surface area contributed by atoms with Crippen molar-refractivity contribution in [1.29, 1.82) is 0 Å². The summed E-state index contributed by atoms with van der Waals surface area (Å²) in [4.78, 5) is 23.9. The molecule has 1 amide bonds. The molecule has 0 aliphatic carbocycles. The first kappa shape index (κ1) is 19.2. The molecule has 0 bridgehead atoms. The van der Waals surface area contributed by atoms with Gasteiger partial charge in [0.1, 0.15) is 11.6 Å². The predicted octanol–water partition coefficient (Wildman–Crippen LogP) is 3.91. The zero-order chi connectivity index (χ0) is 19.3. The first-order valence-electron chi connectivity index (χ1n) is 7.27. The first-order valence-corrected chi connectivity index (χ1v) is 7.27. The number of rotatable bonds is 5. The molecule has 1 unspecified atom stereocenters. The van der Waals surface area contributed by atoms with Crippen LogP contribution in [0.1, 0.15) is 17.3 Å². The van der Waals surface area contributed by atoms with E-state index in [0.717, 1.165) is 30.3 Å². The number of hydrogen-bond donors (Lipinski definition) is 1. The summed E-state index contributed by atoms with van der Waals surface area (Å²) >= 11 is 0. The van der Waals surface area contributed by atoms with Crippen LogP contribution in [0, 0.1) is 5.82 Å². The van der Waals surface area contributed by atoms with Crippen molar-refractivity contribution in [3.63, 3.8) is 0 Å². The number of carbonyl (C=O) groups excluding carboxylic acids is 2. The van der Waals surface area contributed by atoms with E-state index in [1.165, 1.54) is 25.1 Å². The number of benzene rings is 2. The zero-order valence-corrected chi connectivity index (χ0v) is 13.3. The summed E-state index contributed by atoms with van der Waals surface area (Å²) in [5.74, 6) is -2.65. The van der Waals surface area contributed by atoms with Gasteiger partial charge in [-0.15, -0.1) is 13.2 Å². The van der Waals surface area contributed by atoms with E-state index < -0.39 is 35.9 Å². The van der Waals surface area contributed by atoms with Crippen LogP contribution in [-0.2, 0) is 9.53 Å². The number of anilines is 1. The lowest BCUT2D eigenvalue weighted by molar-refractivity contribution is -0.274. The van der Waals surface area contributed by atoms with Crippen LogP contribution >= 0.6 is 0 Å². The maximum Gasteiger partial charge on any atom is 0.573 e. The van der Waals surface area contributed by atoms with E-state index in [1.807, 2.05) is 0 Å². The minimum atomic E-state index is -4.84. The Hall–Kier alpha value is -3.10. The average Bonchev–Trinajstić information content (AvgIpc) is 2.53. The topological polar surface area (TPSA) is 64.6 Å². The van der Waals surface area contributed by atoms with E-state index in [-0.39, 0.29) is 11.3 Å². The van der Waals surface area contributed by atoms with Crippen LogP contribution in [0.2, 0.25) is 0 Å². The van der Waals surface area contributed by atoms with Crippen molar-refractivity contribution < 1.29 is 36.6 Å². The number of halogens is 4. The molecule has 0 saturated heterocycles. The molecule has 9 heteroatoms. The lowest BCUT2D eigenvalue weighted by Gasteiger charge is -2.14. The Morgan fingerprint density at radius 2 is 1.73 bits per heavy atom. The molecule has 0 radical (unpaired) electrons. The zero-order valence-electron chi connectivity index (χ0n) is 13.3. The summed E-state index contributed by atoms with van der Waals surface area (Å²) in [5.41, 5.74) is 0.122. The SMILES string of the molecule is CC(OC(=O)c1ccc(OC(F)(F)F)cc1)C(=O)Nc1cccc(F)c1. The summed E-state index contributed by atoms with van der Waals surface area (Å²) in [6.07, 6.45) is -6.05. The minimum absolute atomic E-state index is 0.0649. The fourth-order valence-electron chi connectivity index (χ4n) is 1.88. The number of nitrogens with one attached hydrogen (secondary N) is 1. The summed E-state index contributed by atoms with van der Waals surface area (Å²) in [6.45, 7) is 1.30. The predicted molar refractivity (Wildman–Crippen MR) is 83.0 cm³/mol. The Morgan fingerprint density at radius 1 is 1.08 bits per heavy atom. The van der Waals surface area contributed by atoms with Gasteiger partial charge >= 0.3 is 12.3 Å². The highest BCUT2D eigenvalue weighted by Crippen LogP contribution is 2.23. The van der Waals surface area contributed by atoms with E-state index in [9.17, 15) is 27.2 Å². The molecule has 0 heterocycles. The molecule has 5 nitrogen and oxygen atoms in total. The summed E-state index contributed by atoms with van der Waals surface area (Å²) < 4.78 is 57.9. The van der Waals surface area contributed by atoms with E-state index in [0.29, 0.717) is 0 Å². The van der Waals surface area contributed by atoms with Crippen molar-refractivity contribution in [3.05, 3.63) is 59.9 Å². The number of esters is 1. The highest BCUT2D eigenvalue weighted by atomic mass is 19.4. The van der Waals surface area contributed by atoms with Crippen molar-refractivity contribution >= 4 is 17.6 Å². The lowest BCUT2D eigenvalue weighted by Crippen LogP contribution is -2.30. The van der Waals surface area contributed by atoms with E-state index in [1.54, 1.807) is 0 Å². The van der Waals surface area contributed by atoms with Crippen molar-refractivity contribution in [3.8, 4) is 5.75 Å². The number of alkyl halides is 3. The van der Waals surface area contributed by atoms with Crippen LogP contribution in [0.25, 0.3) is 0 Å². The Bertz CT molecular complexity index is 790. The van der Waals surface area contributed by atoms with Crippen LogP contribution in [0.3, 0.4) is 0 Å². The quantitative estimate of drug-likeness (QED) is 0.639. The van der Waals surface area contributed by atoms with Gasteiger partial charge in [0, 0.05) is 5.69 Å². The molecular formula is C17H13F4NO4. The van der Waals surface area contributed by atoms with Gasteiger partial charge in [0.2, 0.25) is 0 Å². The number of hydrogen-bond acceptors (Lipinski definition) is 4. The molecule has 2 aromatic rings. The molecule has 1 N–H and O–H groups in total. The Balaban J connectivity index is 1.94. The van der Waals surface area contributed by atoms with Crippen LogP contribution in [0.5, 0.6) is 5.75 Å². The number of ether oxygens (including phenoxy) is 2. The molecule has 2 rings (SSSR count). The molecule has 0 fully saturated rings. The van der Waals surface area contributed by atoms with Gasteiger partial charge in [0.05, 0.1) is 5.56 Å². The highest BCUT2D eigenvalue weighted by Gasteiger charge is 2.31. The summed E-state index contributed by atoms with van der Waals surface area (Å²) in [6, 6.07) is 9.17. The van der Waals surface area contributed by atoms with Crippen LogP contribution < -0.4 is 10.1 Å². The minimum Gasteiger partial charge on any atom is -0.449 e. The first-order chi connectivity index (χ1) is 12.1. The Morgan fingerprint density at radius 3 is 2.31 bits per heavy atom. The third-order valence-corrected chi connectivity index (χ3v) is 3.07. The Labute approximate surface area is 145 Å². The lowest BCUT2D eigenvalue weighted by atomic mass is 10.2. The van der Waals surface area contributed by atoms with Gasteiger partial charge in [-0.2, -0.15) is 0 Å². The molecule has 0 saturated carbocycles. The van der Waals surface area contributed by atoms with Gasteiger partial charge in [0.15, 0.2) is 6.10 Å². The molecule has 0 spiro atoms. The summed E-state index contributed by atoms with van der Waals surface area (Å²) in [7, 11) is 0. The maximum atomic E-state index is 13.1. The van der Waals surface area contributed by atoms with E-state index in [4.69, 9.17) is 4.74 Å². The van der Waals surface area contributed by atoms with Gasteiger partial charge in [-0.25, -0.2) is 9.18 Å². The van der Waals surface area contributed by atoms with Crippen molar-refractivity contribution in [2.24, 2.45) is 0 Å². The van der Waals surface area contributed by atoms with Gasteiger partial charge in [0.25, 0.3) is 5.91 Å². The molecule has 26 heavy (non-hydrogen) atoms. The fourth-order valence-corrected chi connectivity index (χ4v) is 1.88. The number of amides is 1. The highest BCUT2D eigenvalue weighted by molar-refractivity contribution is 5.97. The van der Waals surface area contributed by atoms with Gasteiger partial charge in [-0.1, -0.05) is 6.07 Å². The van der Waals surface area contributed by atoms with Crippen LogP contribution in [-0.4, -0.2) is 24.3 Å². The second-order valence-electron chi connectivity index (χ2n) is 5.12. The molecule has 138 valence electrons. The average molecular weight is 371 g/mol. The van der Waals surface area contributed by atoms with Crippen LogP contribution in [0.4, 0.5) is 23.2 Å². The van der Waals surface area contributed by atoms with Crippen molar-refractivity contribution in [2.75, 3.05) is 5.32 Å². The number of carbonyl (C=O) groups is 2. The second kappa shape index (κ2) is 7.85. The maximum absolute atomic E-state index is 13.1. The Kier molecular flexibility index (Phi) is 5.81. The monoisotopic (exact) mass is 371 g/mol. The fraction of sp³-hybridized carbons (Fsp3) is 0.176. The molecule has 2 aromatic carbocycles. The summed E-state index contributed by atoms with van der Waals surface area (Å²) in [5, 5.41) is 2.37. The van der Waals surface area contributed by atoms with E-state index in [2.05, 4.69) is 10.1 Å². The second-order valence-corrected chi connectivity index (χ2v) is 5.12. The normalized spacial score (nSPS) is 12.2. The molecule has 0 aliphatic heterocycles. The third-order valence-electron chi connectivity index (χ3n) is 3.07. The third kappa shape index (κ3) is 5.76. The smallest absolute Gasteiger partial charge is 0.449 e. The molecule has 0 aromatic heterocycles. The van der Waals surface area contributed by atoms with E-state index >= 15 is 0 Å².